The number of carboxylic acid groups (broad SMARTS) is 1. The Bertz CT molecular complexity index is 472. The average Bonchev–Trinajstić information content (AvgIpc) is 2.61. The molecule has 3 heteroatoms. The van der Waals surface area contributed by atoms with Crippen LogP contribution >= 0.6 is 0 Å². The second-order valence-electron chi connectivity index (χ2n) is 3.80. The summed E-state index contributed by atoms with van der Waals surface area (Å²) in [5.74, 6) is -0.664. The highest BCUT2D eigenvalue weighted by Crippen LogP contribution is 2.26. The van der Waals surface area contributed by atoms with Crippen molar-refractivity contribution in [3.05, 3.63) is 41.0 Å². The molecule has 1 N–H and O–H groups in total. The molecule has 0 spiro atoms. The van der Waals surface area contributed by atoms with Crippen molar-refractivity contribution in [2.75, 3.05) is 0 Å². The van der Waals surface area contributed by atoms with Crippen LogP contribution in [0.5, 0.6) is 0 Å². The summed E-state index contributed by atoms with van der Waals surface area (Å²) < 4.78 is 0. The summed E-state index contributed by atoms with van der Waals surface area (Å²) in [7, 11) is 0. The van der Waals surface area contributed by atoms with E-state index >= 15 is 0 Å². The van der Waals surface area contributed by atoms with Crippen molar-refractivity contribution in [1.82, 2.24) is 0 Å². The van der Waals surface area contributed by atoms with Gasteiger partial charge in [-0.15, -0.1) is 0 Å². The fraction of sp³-hybridized carbons (Fsp3) is 0.231. The van der Waals surface area contributed by atoms with Crippen LogP contribution in [0.15, 0.2) is 24.3 Å². The number of benzene rings is 1. The number of carbonyl (C=O) groups is 2. The van der Waals surface area contributed by atoms with E-state index in [1.54, 1.807) is 12.2 Å². The van der Waals surface area contributed by atoms with Crippen LogP contribution in [-0.2, 0) is 11.2 Å². The van der Waals surface area contributed by atoms with Gasteiger partial charge in [0.05, 0.1) is 6.42 Å². The van der Waals surface area contributed by atoms with Crippen molar-refractivity contribution >= 4 is 17.8 Å². The number of ketones is 1. The Balaban J connectivity index is 2.26. The molecule has 0 aromatic heterocycles. The Morgan fingerprint density at radius 3 is 2.94 bits per heavy atom. The van der Waals surface area contributed by atoms with Crippen LogP contribution < -0.4 is 0 Å². The summed E-state index contributed by atoms with van der Waals surface area (Å²) in [4.78, 5) is 21.9. The standard InChI is InChI=1S/C13H12O3/c14-12-8-7-10-9(3-1-5-11(10)12)4-2-6-13(15)16/h1-5H,6-8H2,(H,15,16). The van der Waals surface area contributed by atoms with Crippen LogP contribution in [0.2, 0.25) is 0 Å². The monoisotopic (exact) mass is 216 g/mol. The maximum Gasteiger partial charge on any atom is 0.307 e. The summed E-state index contributed by atoms with van der Waals surface area (Å²) in [6.07, 6.45) is 4.74. The van der Waals surface area contributed by atoms with E-state index in [-0.39, 0.29) is 12.2 Å². The first-order valence-electron chi connectivity index (χ1n) is 5.22. The highest BCUT2D eigenvalue weighted by Gasteiger charge is 2.20. The highest BCUT2D eigenvalue weighted by atomic mass is 16.4. The Labute approximate surface area is 93.4 Å². The fourth-order valence-corrected chi connectivity index (χ4v) is 1.96. The lowest BCUT2D eigenvalue weighted by molar-refractivity contribution is -0.135. The molecule has 1 aromatic carbocycles. The van der Waals surface area contributed by atoms with E-state index < -0.39 is 5.97 Å². The van der Waals surface area contributed by atoms with Gasteiger partial charge in [-0.05, 0) is 17.5 Å². The quantitative estimate of drug-likeness (QED) is 0.843. The molecular formula is C13H12O3. The van der Waals surface area contributed by atoms with Crippen molar-refractivity contribution in [2.24, 2.45) is 0 Å². The molecule has 0 atom stereocenters. The van der Waals surface area contributed by atoms with Crippen molar-refractivity contribution in [3.63, 3.8) is 0 Å². The lowest BCUT2D eigenvalue weighted by Crippen LogP contribution is -1.92. The highest BCUT2D eigenvalue weighted by molar-refractivity contribution is 6.01. The summed E-state index contributed by atoms with van der Waals surface area (Å²) in [6, 6.07) is 5.58. The first-order valence-corrected chi connectivity index (χ1v) is 5.22. The van der Waals surface area contributed by atoms with Crippen LogP contribution in [0.25, 0.3) is 6.08 Å². The number of rotatable bonds is 3. The molecule has 0 saturated heterocycles. The Kier molecular flexibility index (Phi) is 2.86. The van der Waals surface area contributed by atoms with Gasteiger partial charge in [0.25, 0.3) is 0 Å². The molecule has 2 rings (SSSR count). The Hall–Kier alpha value is -1.90. The molecule has 16 heavy (non-hydrogen) atoms. The van der Waals surface area contributed by atoms with Crippen LogP contribution in [-0.4, -0.2) is 16.9 Å². The van der Waals surface area contributed by atoms with Gasteiger partial charge in [0.1, 0.15) is 0 Å². The van der Waals surface area contributed by atoms with E-state index in [1.165, 1.54) is 0 Å². The molecule has 1 aliphatic carbocycles. The average molecular weight is 216 g/mol. The largest absolute Gasteiger partial charge is 0.481 e. The number of hydrogen-bond acceptors (Lipinski definition) is 2. The van der Waals surface area contributed by atoms with Crippen molar-refractivity contribution in [1.29, 1.82) is 0 Å². The van der Waals surface area contributed by atoms with Gasteiger partial charge in [-0.1, -0.05) is 30.4 Å². The molecule has 0 unspecified atom stereocenters. The number of carbonyl (C=O) groups excluding carboxylic acids is 1. The van der Waals surface area contributed by atoms with Gasteiger partial charge >= 0.3 is 5.97 Å². The van der Waals surface area contributed by atoms with Crippen molar-refractivity contribution < 1.29 is 14.7 Å². The first kappa shape index (κ1) is 10.6. The maximum absolute atomic E-state index is 11.5. The minimum Gasteiger partial charge on any atom is -0.481 e. The van der Waals surface area contributed by atoms with Crippen LogP contribution in [0.1, 0.15) is 34.3 Å². The topological polar surface area (TPSA) is 54.4 Å². The third-order valence-electron chi connectivity index (χ3n) is 2.70. The van der Waals surface area contributed by atoms with Crippen molar-refractivity contribution in [2.45, 2.75) is 19.3 Å². The van der Waals surface area contributed by atoms with Crippen LogP contribution in [0.3, 0.4) is 0 Å². The van der Waals surface area contributed by atoms with E-state index in [1.807, 2.05) is 18.2 Å². The molecule has 0 heterocycles. The van der Waals surface area contributed by atoms with Gasteiger partial charge in [-0.25, -0.2) is 0 Å². The molecule has 0 aliphatic heterocycles. The third kappa shape index (κ3) is 2.03. The van der Waals surface area contributed by atoms with E-state index in [0.717, 1.165) is 23.1 Å². The lowest BCUT2D eigenvalue weighted by Gasteiger charge is -2.01. The SMILES string of the molecule is O=C(O)CC=Cc1cccc2c1CCC2=O. The van der Waals surface area contributed by atoms with Gasteiger partial charge in [-0.2, -0.15) is 0 Å². The minimum atomic E-state index is -0.847. The first-order chi connectivity index (χ1) is 7.68. The van der Waals surface area contributed by atoms with Gasteiger partial charge in [0, 0.05) is 12.0 Å². The zero-order valence-electron chi connectivity index (χ0n) is 8.77. The van der Waals surface area contributed by atoms with E-state index in [2.05, 4.69) is 0 Å². The van der Waals surface area contributed by atoms with Gasteiger partial charge in [0.2, 0.25) is 0 Å². The number of fused-ring (bicyclic) bond motifs is 1. The molecule has 1 aliphatic rings. The maximum atomic E-state index is 11.5. The number of hydrogen-bond donors (Lipinski definition) is 1. The minimum absolute atomic E-state index is 0.0115. The lowest BCUT2D eigenvalue weighted by atomic mass is 10.0. The predicted octanol–water partition coefficient (Wildman–Crippen LogP) is 2.30. The van der Waals surface area contributed by atoms with Crippen LogP contribution in [0, 0.1) is 0 Å². The molecule has 0 saturated carbocycles. The van der Waals surface area contributed by atoms with E-state index in [9.17, 15) is 9.59 Å². The number of aliphatic carboxylic acids is 1. The molecule has 0 radical (unpaired) electrons. The molecule has 1 aromatic rings. The van der Waals surface area contributed by atoms with Gasteiger partial charge in [0.15, 0.2) is 5.78 Å². The summed E-state index contributed by atoms with van der Waals surface area (Å²) in [5, 5.41) is 8.52. The molecular weight excluding hydrogens is 204 g/mol. The van der Waals surface area contributed by atoms with Crippen molar-refractivity contribution in [3.8, 4) is 0 Å². The molecule has 0 amide bonds. The second-order valence-corrected chi connectivity index (χ2v) is 3.80. The molecule has 3 nitrogen and oxygen atoms in total. The molecule has 82 valence electrons. The fourth-order valence-electron chi connectivity index (χ4n) is 1.96. The normalized spacial score (nSPS) is 14.4. The summed E-state index contributed by atoms with van der Waals surface area (Å²) >= 11 is 0. The summed E-state index contributed by atoms with van der Waals surface area (Å²) in [5.41, 5.74) is 2.80. The van der Waals surface area contributed by atoms with E-state index in [4.69, 9.17) is 5.11 Å². The predicted molar refractivity (Wildman–Crippen MR) is 60.4 cm³/mol. The summed E-state index contributed by atoms with van der Waals surface area (Å²) in [6.45, 7) is 0. The second kappa shape index (κ2) is 4.31. The van der Waals surface area contributed by atoms with Crippen LogP contribution in [0.4, 0.5) is 0 Å². The van der Waals surface area contributed by atoms with E-state index in [0.29, 0.717) is 6.42 Å². The molecule has 0 bridgehead atoms. The van der Waals surface area contributed by atoms with Gasteiger partial charge < -0.3 is 5.11 Å². The molecule has 0 fully saturated rings. The Morgan fingerprint density at radius 1 is 1.38 bits per heavy atom. The smallest absolute Gasteiger partial charge is 0.307 e. The number of Topliss-reactive ketones (excluding diaryl/α,β-unsaturated/α-hetero) is 1. The zero-order chi connectivity index (χ0) is 11.5. The zero-order valence-corrected chi connectivity index (χ0v) is 8.77. The third-order valence-corrected chi connectivity index (χ3v) is 2.70. The van der Waals surface area contributed by atoms with Gasteiger partial charge in [-0.3, -0.25) is 9.59 Å². The number of carboxylic acids is 1. The Morgan fingerprint density at radius 2 is 2.19 bits per heavy atom.